The molecule has 0 aromatic rings. The number of hydrogen-bond donors (Lipinski definition) is 1. The topological polar surface area (TPSA) is 54.4 Å². The molecule has 0 aliphatic rings. The number of hydrogen-bond acceptors (Lipinski definition) is 2. The van der Waals surface area contributed by atoms with E-state index in [1.165, 1.54) is 13.8 Å². The van der Waals surface area contributed by atoms with Gasteiger partial charge in [0.25, 0.3) is 0 Å². The van der Waals surface area contributed by atoms with E-state index < -0.39 is 12.1 Å². The van der Waals surface area contributed by atoms with Gasteiger partial charge in [0.05, 0.1) is 0 Å². The minimum Gasteiger partial charge on any atom is -1.00 e. The van der Waals surface area contributed by atoms with Crippen LogP contribution in [0.3, 0.4) is 0 Å². The van der Waals surface area contributed by atoms with Crippen LogP contribution in [0.1, 0.15) is 16.7 Å². The summed E-state index contributed by atoms with van der Waals surface area (Å²) in [5.74, 6) is -2.59. The van der Waals surface area contributed by atoms with Gasteiger partial charge in [0.2, 0.25) is 0 Å². The number of Topliss-reactive ketones (excluding diaryl/α,β-unsaturated/α-hetero) is 1. The number of carboxylic acid groups (broad SMARTS) is 1. The van der Waals surface area contributed by atoms with Crippen molar-refractivity contribution in [1.29, 1.82) is 0 Å². The second-order valence-electron chi connectivity index (χ2n) is 1.71. The van der Waals surface area contributed by atoms with E-state index in [0.717, 1.165) is 0 Å². The molecule has 0 rings (SSSR count). The van der Waals surface area contributed by atoms with Crippen molar-refractivity contribution in [2.75, 3.05) is 0 Å². The summed E-state index contributed by atoms with van der Waals surface area (Å²) in [4.78, 5) is 18.3. The number of halogens is 3. The molecule has 12 heavy (non-hydrogen) atoms. The predicted octanol–water partition coefficient (Wildman–Crippen LogP) is 1.07. The maximum absolute atomic E-state index is 10.6. The first-order valence-corrected chi connectivity index (χ1v) is 2.45. The van der Waals surface area contributed by atoms with Crippen molar-refractivity contribution in [3.8, 4) is 0 Å². The normalized spacial score (nSPS) is 8.75. The summed E-state index contributed by atoms with van der Waals surface area (Å²) < 4.78 is 31.7. The van der Waals surface area contributed by atoms with Crippen molar-refractivity contribution in [3.05, 3.63) is 0 Å². The molecule has 7 heteroatoms. The Morgan fingerprint density at radius 3 is 1.33 bits per heavy atom. The Hall–Kier alpha value is 0.190. The average Bonchev–Trinajstić information content (AvgIpc) is 1.59. The molecule has 0 spiro atoms. The third-order valence-corrected chi connectivity index (χ3v) is 0.243. The number of carboxylic acids is 1. The Morgan fingerprint density at radius 2 is 1.33 bits per heavy atom. The summed E-state index contributed by atoms with van der Waals surface area (Å²) in [5.41, 5.74) is 0. The zero-order valence-corrected chi connectivity index (χ0v) is 8.81. The summed E-state index contributed by atoms with van der Waals surface area (Å²) in [6.45, 7) is 3.06. The van der Waals surface area contributed by atoms with Gasteiger partial charge in [-0.25, -0.2) is 4.79 Å². The number of ketones is 1. The van der Waals surface area contributed by atoms with Crippen molar-refractivity contribution in [1.82, 2.24) is 0 Å². The van der Waals surface area contributed by atoms with Gasteiger partial charge in [-0.05, 0) is 13.8 Å². The van der Waals surface area contributed by atoms with E-state index in [4.69, 9.17) is 9.90 Å². The Morgan fingerprint density at radius 1 is 1.25 bits per heavy atom. The number of carbonyl (C=O) groups is 2. The van der Waals surface area contributed by atoms with Crippen molar-refractivity contribution < 1.29 is 30.7 Å². The maximum atomic E-state index is 10.6. The van der Waals surface area contributed by atoms with E-state index in [1.54, 1.807) is 0 Å². The second kappa shape index (κ2) is 7.82. The van der Waals surface area contributed by atoms with Crippen LogP contribution in [-0.4, -0.2) is 60.8 Å². The molecule has 0 radical (unpaired) electrons. The van der Waals surface area contributed by atoms with Crippen LogP contribution in [0.2, 0.25) is 0 Å². The van der Waals surface area contributed by atoms with Gasteiger partial charge in [0.1, 0.15) is 5.78 Å². The van der Waals surface area contributed by atoms with E-state index in [0.29, 0.717) is 0 Å². The molecule has 0 unspecified atom stereocenters. The van der Waals surface area contributed by atoms with E-state index in [2.05, 4.69) is 0 Å². The fourth-order valence-corrected chi connectivity index (χ4v) is 0. The standard InChI is InChI=1S/C3H6O.C2HF3O2.Ca.2H/c1-3(2)4;3-2(4,5)1(6)7;;;/h1-2H3;(H,6,7);;;/q;;+2;2*-1. The summed E-state index contributed by atoms with van der Waals surface area (Å²) in [7, 11) is 0. The largest absolute Gasteiger partial charge is 2.00 e. The Balaban J connectivity index is -0.0000000347. The fraction of sp³-hybridized carbons (Fsp3) is 0.600. The molecule has 0 aliphatic carbocycles. The summed E-state index contributed by atoms with van der Waals surface area (Å²) >= 11 is 0. The minimum absolute atomic E-state index is 0. The zero-order chi connectivity index (χ0) is 9.65. The molecular weight excluding hydrogens is 205 g/mol. The van der Waals surface area contributed by atoms with Crippen LogP contribution < -0.4 is 0 Å². The Kier molecular flexibility index (Phi) is 11.8. The summed E-state index contributed by atoms with van der Waals surface area (Å²) in [6.07, 6.45) is -5.08. The third kappa shape index (κ3) is 22.5. The van der Waals surface area contributed by atoms with Gasteiger partial charge in [-0.3, -0.25) is 0 Å². The van der Waals surface area contributed by atoms with Crippen molar-refractivity contribution >= 4 is 49.5 Å². The van der Waals surface area contributed by atoms with Gasteiger partial charge in [-0.15, -0.1) is 0 Å². The minimum atomic E-state index is -5.08. The molecule has 0 saturated carbocycles. The molecule has 0 aromatic heterocycles. The SMILES string of the molecule is CC(C)=O.O=C(O)C(F)(F)F.[Ca+2].[H-].[H-]. The Labute approximate surface area is 99.9 Å². The molecule has 0 bridgehead atoms. The smallest absolute Gasteiger partial charge is 1.00 e. The average molecular weight is 214 g/mol. The van der Waals surface area contributed by atoms with Crippen molar-refractivity contribution in [3.63, 3.8) is 0 Å². The van der Waals surface area contributed by atoms with Gasteiger partial charge >= 0.3 is 49.9 Å². The molecular formula is C5H9CaF3O3. The Bertz CT molecular complexity index is 159. The first kappa shape index (κ1) is 18.1. The van der Waals surface area contributed by atoms with E-state index in [-0.39, 0.29) is 46.4 Å². The molecule has 70 valence electrons. The number of aliphatic carboxylic acids is 1. The summed E-state index contributed by atoms with van der Waals surface area (Å²) in [5, 5.41) is 7.12. The van der Waals surface area contributed by atoms with Crippen LogP contribution in [0.25, 0.3) is 0 Å². The van der Waals surface area contributed by atoms with Crippen molar-refractivity contribution in [2.45, 2.75) is 20.0 Å². The van der Waals surface area contributed by atoms with Crippen LogP contribution in [-0.2, 0) is 9.59 Å². The molecule has 0 aliphatic heterocycles. The van der Waals surface area contributed by atoms with Crippen LogP contribution in [0.4, 0.5) is 13.2 Å². The first-order valence-electron chi connectivity index (χ1n) is 2.45. The molecule has 3 nitrogen and oxygen atoms in total. The van der Waals surface area contributed by atoms with E-state index in [1.807, 2.05) is 0 Å². The van der Waals surface area contributed by atoms with Gasteiger partial charge in [0.15, 0.2) is 0 Å². The maximum Gasteiger partial charge on any atom is 2.00 e. The van der Waals surface area contributed by atoms with Crippen LogP contribution in [0.15, 0.2) is 0 Å². The number of alkyl halides is 3. The van der Waals surface area contributed by atoms with Gasteiger partial charge < -0.3 is 12.8 Å². The van der Waals surface area contributed by atoms with Gasteiger partial charge in [-0.2, -0.15) is 13.2 Å². The van der Waals surface area contributed by atoms with Crippen LogP contribution in [0.5, 0.6) is 0 Å². The van der Waals surface area contributed by atoms with E-state index >= 15 is 0 Å². The quantitative estimate of drug-likeness (QED) is 0.614. The predicted molar refractivity (Wildman–Crippen MR) is 38.0 cm³/mol. The monoisotopic (exact) mass is 214 g/mol. The fourth-order valence-electron chi connectivity index (χ4n) is 0. The molecule has 0 heterocycles. The van der Waals surface area contributed by atoms with Crippen LogP contribution in [0, 0.1) is 0 Å². The molecule has 0 atom stereocenters. The molecule has 0 amide bonds. The molecule has 0 fully saturated rings. The van der Waals surface area contributed by atoms with E-state index in [9.17, 15) is 18.0 Å². The molecule has 1 N–H and O–H groups in total. The van der Waals surface area contributed by atoms with Crippen LogP contribution >= 0.6 is 0 Å². The van der Waals surface area contributed by atoms with Gasteiger partial charge in [0, 0.05) is 0 Å². The zero-order valence-electron chi connectivity index (χ0n) is 8.60. The molecule has 0 saturated heterocycles. The third-order valence-electron chi connectivity index (χ3n) is 0.243. The first-order chi connectivity index (χ1) is 4.68. The van der Waals surface area contributed by atoms with Crippen molar-refractivity contribution in [2.24, 2.45) is 0 Å². The second-order valence-corrected chi connectivity index (χ2v) is 1.71. The molecule has 0 aromatic carbocycles. The number of carbonyl (C=O) groups excluding carboxylic acids is 1. The summed E-state index contributed by atoms with van der Waals surface area (Å²) in [6, 6.07) is 0. The number of rotatable bonds is 0. The van der Waals surface area contributed by atoms with Gasteiger partial charge in [-0.1, -0.05) is 0 Å².